The fraction of sp³-hybridized carbons (Fsp3) is 0.355. The quantitative estimate of drug-likeness (QED) is 0.259. The van der Waals surface area contributed by atoms with E-state index in [1.807, 2.05) is 14.1 Å². The zero-order chi connectivity index (χ0) is 30.6. The molecular weight excluding hydrogens is 556 g/mol. The highest BCUT2D eigenvalue weighted by atomic mass is 19.2. The molecule has 0 saturated carbocycles. The number of aromatic nitrogens is 3. The van der Waals surface area contributed by atoms with Gasteiger partial charge >= 0.3 is 5.97 Å². The van der Waals surface area contributed by atoms with Gasteiger partial charge in [-0.15, -0.1) is 0 Å². The summed E-state index contributed by atoms with van der Waals surface area (Å²) in [6, 6.07) is 2.78. The molecule has 1 aromatic carbocycles. The second kappa shape index (κ2) is 10.9. The van der Waals surface area contributed by atoms with Crippen LogP contribution in [-0.2, 0) is 6.42 Å². The van der Waals surface area contributed by atoms with Crippen molar-refractivity contribution in [3.63, 3.8) is 0 Å². The first-order valence-electron chi connectivity index (χ1n) is 14.2. The fourth-order valence-corrected chi connectivity index (χ4v) is 6.59. The Balaban J connectivity index is 1.63. The van der Waals surface area contributed by atoms with E-state index in [0.29, 0.717) is 64.8 Å². The molecule has 1 fully saturated rings. The third-order valence-electron chi connectivity index (χ3n) is 8.40. The van der Waals surface area contributed by atoms with Crippen molar-refractivity contribution >= 4 is 28.4 Å². The van der Waals surface area contributed by atoms with E-state index < -0.39 is 28.6 Å². The van der Waals surface area contributed by atoms with Crippen LogP contribution in [0.4, 0.5) is 20.2 Å². The summed E-state index contributed by atoms with van der Waals surface area (Å²) in [7, 11) is 7.34. The predicted octanol–water partition coefficient (Wildman–Crippen LogP) is 4.00. The number of carboxylic acids is 1. The molecule has 4 heterocycles. The Morgan fingerprint density at radius 1 is 1.16 bits per heavy atom. The number of hydrogen-bond donors (Lipinski definition) is 3. The number of halogens is 2. The van der Waals surface area contributed by atoms with Gasteiger partial charge in [-0.25, -0.2) is 23.2 Å². The Hall–Kier alpha value is -4.58. The number of anilines is 2. The largest absolute Gasteiger partial charge is 0.477 e. The van der Waals surface area contributed by atoms with Crippen molar-refractivity contribution in [1.82, 2.24) is 19.5 Å². The minimum Gasteiger partial charge on any atom is -0.477 e. The lowest BCUT2D eigenvalue weighted by Crippen LogP contribution is -2.40. The van der Waals surface area contributed by atoms with Gasteiger partial charge in [0.25, 0.3) is 0 Å². The zero-order valence-electron chi connectivity index (χ0n) is 24.5. The number of aromatic carboxylic acids is 1. The van der Waals surface area contributed by atoms with Gasteiger partial charge in [0, 0.05) is 92.7 Å². The average molecular weight is 590 g/mol. The maximum atomic E-state index is 15.7. The van der Waals surface area contributed by atoms with E-state index in [9.17, 15) is 19.1 Å². The number of hydrogen-bond acceptors (Lipinski definition) is 8. The molecule has 43 heavy (non-hydrogen) atoms. The molecule has 10 nitrogen and oxygen atoms in total. The number of carboxylic acid groups (broad SMARTS) is 1. The lowest BCUT2D eigenvalue weighted by atomic mass is 9.92. The van der Waals surface area contributed by atoms with Gasteiger partial charge in [-0.1, -0.05) is 0 Å². The first-order valence-corrected chi connectivity index (χ1v) is 14.2. The van der Waals surface area contributed by atoms with Gasteiger partial charge in [0.2, 0.25) is 5.43 Å². The number of piperidine rings is 1. The van der Waals surface area contributed by atoms with Crippen LogP contribution < -0.4 is 21.1 Å². The Morgan fingerprint density at radius 2 is 1.95 bits per heavy atom. The molecule has 0 radical (unpaired) electrons. The van der Waals surface area contributed by atoms with Gasteiger partial charge in [0.15, 0.2) is 17.3 Å². The molecule has 12 heteroatoms. The van der Waals surface area contributed by atoms with Crippen LogP contribution in [0.2, 0.25) is 0 Å². The standard InChI is InChI=1S/C31H33F2N7O3/c1-34-23-10-22(32)27(33)25-18(23)9-24-26(25)28(39-7-5-6-16(14-39)13-38(3)4)20(12-36-24)17-8-19-29(41)21(31(42)43)15-40(35-2)30(19)37-11-17/h8,10-12,15-16,34-35H,5-7,9,13-14H2,1-4H3,(H,42,43). The second-order valence-electron chi connectivity index (χ2n) is 11.4. The normalized spacial score (nSPS) is 16.0. The average Bonchev–Trinajstić information content (AvgIpc) is 3.38. The van der Waals surface area contributed by atoms with Crippen molar-refractivity contribution in [2.75, 3.05) is 63.5 Å². The fourth-order valence-electron chi connectivity index (χ4n) is 6.59. The highest BCUT2D eigenvalue weighted by Crippen LogP contribution is 2.50. The Kier molecular flexibility index (Phi) is 7.25. The number of carbonyl (C=O) groups is 1. The molecule has 0 spiro atoms. The molecular formula is C31H33F2N7O3. The maximum Gasteiger partial charge on any atom is 0.341 e. The molecule has 224 valence electrons. The van der Waals surface area contributed by atoms with E-state index in [-0.39, 0.29) is 16.6 Å². The highest BCUT2D eigenvalue weighted by Gasteiger charge is 2.35. The predicted molar refractivity (Wildman–Crippen MR) is 163 cm³/mol. The summed E-state index contributed by atoms with van der Waals surface area (Å²) in [5.41, 5.74) is 6.41. The van der Waals surface area contributed by atoms with Gasteiger partial charge < -0.3 is 25.6 Å². The summed E-state index contributed by atoms with van der Waals surface area (Å²) in [5, 5.41) is 12.8. The molecule has 4 aromatic rings. The molecule has 1 aliphatic carbocycles. The number of nitrogens with zero attached hydrogens (tertiary/aromatic N) is 5. The van der Waals surface area contributed by atoms with Crippen LogP contribution in [0.15, 0.2) is 35.5 Å². The molecule has 1 atom stereocenters. The smallest absolute Gasteiger partial charge is 0.341 e. The third-order valence-corrected chi connectivity index (χ3v) is 8.40. The van der Waals surface area contributed by atoms with Gasteiger partial charge in [-0.05, 0) is 44.5 Å². The van der Waals surface area contributed by atoms with Crippen LogP contribution in [0.1, 0.15) is 34.5 Å². The van der Waals surface area contributed by atoms with Gasteiger partial charge in [-0.2, -0.15) is 0 Å². The summed E-state index contributed by atoms with van der Waals surface area (Å²) < 4.78 is 32.1. The van der Waals surface area contributed by atoms with Gasteiger partial charge in [0.05, 0.1) is 16.8 Å². The SMILES string of the molecule is CNc1cc(F)c(F)c2c1Cc1ncc(-c3cnc4c(c3)c(=O)c(C(=O)O)cn4NC)c(N3CCCC(CN(C)C)C3)c1-2. The van der Waals surface area contributed by atoms with E-state index in [1.165, 1.54) is 16.9 Å². The lowest BCUT2D eigenvalue weighted by Gasteiger charge is -2.37. The van der Waals surface area contributed by atoms with E-state index >= 15 is 4.39 Å². The van der Waals surface area contributed by atoms with Crippen molar-refractivity contribution in [2.45, 2.75) is 19.3 Å². The summed E-state index contributed by atoms with van der Waals surface area (Å²) in [5.74, 6) is -2.87. The number of pyridine rings is 3. The summed E-state index contributed by atoms with van der Waals surface area (Å²) in [6.45, 7) is 2.28. The Labute approximate surface area is 247 Å². The number of rotatable bonds is 7. The third kappa shape index (κ3) is 4.75. The lowest BCUT2D eigenvalue weighted by molar-refractivity contribution is 0.0695. The van der Waals surface area contributed by atoms with Crippen LogP contribution in [0.25, 0.3) is 33.3 Å². The molecule has 2 aliphatic rings. The number of nitrogens with one attached hydrogen (secondary N) is 2. The van der Waals surface area contributed by atoms with E-state index in [4.69, 9.17) is 4.98 Å². The maximum absolute atomic E-state index is 15.7. The first kappa shape index (κ1) is 28.5. The van der Waals surface area contributed by atoms with Gasteiger partial charge in [-0.3, -0.25) is 9.78 Å². The van der Waals surface area contributed by atoms with Gasteiger partial charge in [0.1, 0.15) is 5.56 Å². The summed E-state index contributed by atoms with van der Waals surface area (Å²) >= 11 is 0. The Morgan fingerprint density at radius 3 is 2.65 bits per heavy atom. The van der Waals surface area contributed by atoms with E-state index in [0.717, 1.165) is 19.4 Å². The van der Waals surface area contributed by atoms with Crippen molar-refractivity contribution in [2.24, 2.45) is 5.92 Å². The zero-order valence-corrected chi connectivity index (χ0v) is 24.5. The molecule has 3 N–H and O–H groups in total. The van der Waals surface area contributed by atoms with Crippen molar-refractivity contribution in [1.29, 1.82) is 0 Å². The molecule has 0 amide bonds. The second-order valence-corrected chi connectivity index (χ2v) is 11.4. The van der Waals surface area contributed by atoms with E-state index in [2.05, 4.69) is 25.5 Å². The monoisotopic (exact) mass is 589 g/mol. The highest BCUT2D eigenvalue weighted by molar-refractivity contribution is 5.98. The van der Waals surface area contributed by atoms with Crippen molar-refractivity contribution < 1.29 is 18.7 Å². The van der Waals surface area contributed by atoms with Crippen LogP contribution in [0.3, 0.4) is 0 Å². The van der Waals surface area contributed by atoms with Crippen LogP contribution in [0, 0.1) is 17.6 Å². The van der Waals surface area contributed by atoms with Crippen LogP contribution >= 0.6 is 0 Å². The van der Waals surface area contributed by atoms with Crippen molar-refractivity contribution in [3.8, 4) is 22.3 Å². The molecule has 1 unspecified atom stereocenters. The number of fused-ring (bicyclic) bond motifs is 4. The van der Waals surface area contributed by atoms with Crippen LogP contribution in [-0.4, -0.2) is 78.4 Å². The topological polar surface area (TPSA) is 116 Å². The molecule has 6 rings (SSSR count). The van der Waals surface area contributed by atoms with Crippen LogP contribution in [0.5, 0.6) is 0 Å². The first-order chi connectivity index (χ1) is 20.6. The summed E-state index contributed by atoms with van der Waals surface area (Å²) in [4.78, 5) is 38.8. The minimum atomic E-state index is -1.35. The molecule has 0 bridgehead atoms. The molecule has 1 saturated heterocycles. The van der Waals surface area contributed by atoms with Crippen molar-refractivity contribution in [3.05, 3.63) is 69.4 Å². The molecule has 1 aliphatic heterocycles. The molecule has 3 aromatic heterocycles. The number of benzene rings is 1. The summed E-state index contributed by atoms with van der Waals surface area (Å²) in [6.07, 6.45) is 6.80. The van der Waals surface area contributed by atoms with E-state index in [1.54, 1.807) is 32.6 Å². The Bertz CT molecular complexity index is 1840. The minimum absolute atomic E-state index is 0.109.